The van der Waals surface area contributed by atoms with E-state index < -0.39 is 5.97 Å². The van der Waals surface area contributed by atoms with Crippen LogP contribution in [-0.2, 0) is 9.59 Å². The Balaban J connectivity index is 2.09. The first kappa shape index (κ1) is 14.7. The number of anilines is 1. The number of carbonyl (C=O) groups excluding carboxylic acids is 1. The molecule has 1 heterocycles. The molecule has 1 atom stereocenters. The maximum atomic E-state index is 12.1. The van der Waals surface area contributed by atoms with Crippen molar-refractivity contribution in [3.05, 3.63) is 48.7 Å². The molecule has 21 heavy (non-hydrogen) atoms. The van der Waals surface area contributed by atoms with Crippen LogP contribution in [0.3, 0.4) is 0 Å². The van der Waals surface area contributed by atoms with Crippen LogP contribution >= 0.6 is 0 Å². The molecule has 2 aromatic rings. The fraction of sp³-hybridized carbons (Fsp3) is 0.188. The van der Waals surface area contributed by atoms with E-state index in [0.717, 1.165) is 17.0 Å². The third-order valence-corrected chi connectivity index (χ3v) is 3.09. The number of hydrogen-bond donors (Lipinski definition) is 2. The van der Waals surface area contributed by atoms with Gasteiger partial charge in [0, 0.05) is 23.6 Å². The first-order valence-electron chi connectivity index (χ1n) is 6.62. The van der Waals surface area contributed by atoms with Crippen molar-refractivity contribution in [2.45, 2.75) is 13.3 Å². The second-order valence-electron chi connectivity index (χ2n) is 4.75. The fourth-order valence-corrected chi connectivity index (χ4v) is 1.94. The van der Waals surface area contributed by atoms with Crippen molar-refractivity contribution in [1.82, 2.24) is 4.98 Å². The Morgan fingerprint density at radius 2 is 2.10 bits per heavy atom. The lowest BCUT2D eigenvalue weighted by molar-refractivity contribution is -0.131. The Hall–Kier alpha value is -2.69. The number of amides is 1. The second-order valence-corrected chi connectivity index (χ2v) is 4.75. The monoisotopic (exact) mass is 284 g/mol. The van der Waals surface area contributed by atoms with Crippen molar-refractivity contribution in [1.29, 1.82) is 0 Å². The van der Waals surface area contributed by atoms with E-state index in [-0.39, 0.29) is 11.8 Å². The SMILES string of the molecule is CC(C/C=C/C(=O)O)C(=O)Nc1cccc2cccnc12. The number of para-hydroxylation sites is 1. The molecule has 0 bridgehead atoms. The van der Waals surface area contributed by atoms with Gasteiger partial charge in [0.2, 0.25) is 5.91 Å². The summed E-state index contributed by atoms with van der Waals surface area (Å²) >= 11 is 0. The molecule has 0 saturated heterocycles. The van der Waals surface area contributed by atoms with Gasteiger partial charge in [0.1, 0.15) is 0 Å². The van der Waals surface area contributed by atoms with E-state index in [4.69, 9.17) is 5.11 Å². The van der Waals surface area contributed by atoms with Crippen molar-refractivity contribution in [3.8, 4) is 0 Å². The van der Waals surface area contributed by atoms with Gasteiger partial charge in [-0.25, -0.2) is 4.79 Å². The zero-order chi connectivity index (χ0) is 15.2. The maximum absolute atomic E-state index is 12.1. The third-order valence-electron chi connectivity index (χ3n) is 3.09. The summed E-state index contributed by atoms with van der Waals surface area (Å²) in [5.41, 5.74) is 1.40. The van der Waals surface area contributed by atoms with E-state index >= 15 is 0 Å². The molecule has 5 nitrogen and oxygen atoms in total. The number of nitrogens with zero attached hydrogens (tertiary/aromatic N) is 1. The fourth-order valence-electron chi connectivity index (χ4n) is 1.94. The number of carboxylic acid groups (broad SMARTS) is 1. The Labute approximate surface area is 122 Å². The van der Waals surface area contributed by atoms with Crippen LogP contribution in [0.15, 0.2) is 48.7 Å². The summed E-state index contributed by atoms with van der Waals surface area (Å²) in [5, 5.41) is 12.3. The largest absolute Gasteiger partial charge is 0.478 e. The van der Waals surface area contributed by atoms with Gasteiger partial charge in [-0.1, -0.05) is 31.2 Å². The van der Waals surface area contributed by atoms with Crippen molar-refractivity contribution in [3.63, 3.8) is 0 Å². The minimum Gasteiger partial charge on any atom is -0.478 e. The highest BCUT2D eigenvalue weighted by Crippen LogP contribution is 2.21. The van der Waals surface area contributed by atoms with Gasteiger partial charge in [0.05, 0.1) is 11.2 Å². The third kappa shape index (κ3) is 3.89. The number of carbonyl (C=O) groups is 2. The molecule has 0 aliphatic carbocycles. The van der Waals surface area contributed by atoms with Crippen molar-refractivity contribution in [2.75, 3.05) is 5.32 Å². The topological polar surface area (TPSA) is 79.3 Å². The lowest BCUT2D eigenvalue weighted by Gasteiger charge is -2.11. The molecule has 0 aliphatic heterocycles. The highest BCUT2D eigenvalue weighted by Gasteiger charge is 2.13. The van der Waals surface area contributed by atoms with E-state index in [1.165, 1.54) is 6.08 Å². The molecule has 1 unspecified atom stereocenters. The number of carboxylic acids is 1. The van der Waals surface area contributed by atoms with E-state index in [1.54, 1.807) is 19.2 Å². The minimum absolute atomic E-state index is 0.164. The molecular weight excluding hydrogens is 268 g/mol. The molecular formula is C16H16N2O3. The van der Waals surface area contributed by atoms with E-state index in [0.29, 0.717) is 12.1 Å². The zero-order valence-electron chi connectivity index (χ0n) is 11.6. The number of hydrogen-bond acceptors (Lipinski definition) is 3. The quantitative estimate of drug-likeness (QED) is 0.827. The van der Waals surface area contributed by atoms with Gasteiger partial charge in [-0.05, 0) is 18.6 Å². The first-order chi connectivity index (χ1) is 10.1. The summed E-state index contributed by atoms with van der Waals surface area (Å²) < 4.78 is 0. The molecule has 5 heteroatoms. The van der Waals surface area contributed by atoms with Gasteiger partial charge in [-0.2, -0.15) is 0 Å². The number of aromatic nitrogens is 1. The van der Waals surface area contributed by atoms with Crippen LogP contribution in [-0.4, -0.2) is 22.0 Å². The molecule has 0 spiro atoms. The Morgan fingerprint density at radius 3 is 2.86 bits per heavy atom. The number of fused-ring (bicyclic) bond motifs is 1. The van der Waals surface area contributed by atoms with E-state index in [2.05, 4.69) is 10.3 Å². The Bertz CT molecular complexity index is 689. The number of allylic oxidation sites excluding steroid dienone is 1. The molecule has 2 rings (SSSR count). The summed E-state index contributed by atoms with van der Waals surface area (Å²) in [4.78, 5) is 26.8. The molecule has 108 valence electrons. The van der Waals surface area contributed by atoms with Crippen molar-refractivity contribution in [2.24, 2.45) is 5.92 Å². The van der Waals surface area contributed by atoms with Crippen LogP contribution < -0.4 is 5.32 Å². The number of aliphatic carboxylic acids is 1. The van der Waals surface area contributed by atoms with Crippen LogP contribution in [0.25, 0.3) is 10.9 Å². The standard InChI is InChI=1S/C16H16N2O3/c1-11(5-2-9-14(19)20)16(21)18-13-8-3-6-12-7-4-10-17-15(12)13/h2-4,6-11H,5H2,1H3,(H,18,21)(H,19,20)/b9-2+. The molecule has 0 fully saturated rings. The lowest BCUT2D eigenvalue weighted by atomic mass is 10.1. The van der Waals surface area contributed by atoms with Crippen LogP contribution in [0.4, 0.5) is 5.69 Å². The smallest absolute Gasteiger partial charge is 0.327 e. The predicted molar refractivity (Wildman–Crippen MR) is 80.9 cm³/mol. The molecule has 0 saturated carbocycles. The van der Waals surface area contributed by atoms with Crippen LogP contribution in [0, 0.1) is 5.92 Å². The maximum Gasteiger partial charge on any atom is 0.327 e. The average Bonchev–Trinajstić information content (AvgIpc) is 2.47. The van der Waals surface area contributed by atoms with E-state index in [1.807, 2.05) is 24.3 Å². The summed E-state index contributed by atoms with van der Waals surface area (Å²) in [7, 11) is 0. The Kier molecular flexibility index (Phi) is 4.66. The molecule has 1 aromatic carbocycles. The van der Waals surface area contributed by atoms with Gasteiger partial charge in [0.15, 0.2) is 0 Å². The van der Waals surface area contributed by atoms with Gasteiger partial charge in [0.25, 0.3) is 0 Å². The summed E-state index contributed by atoms with van der Waals surface area (Å²) in [6.07, 6.45) is 4.57. The van der Waals surface area contributed by atoms with E-state index in [9.17, 15) is 9.59 Å². The summed E-state index contributed by atoms with van der Waals surface area (Å²) in [6.45, 7) is 1.75. The molecule has 1 amide bonds. The predicted octanol–water partition coefficient (Wildman–Crippen LogP) is 2.84. The number of pyridine rings is 1. The van der Waals surface area contributed by atoms with Gasteiger partial charge in [-0.3, -0.25) is 9.78 Å². The van der Waals surface area contributed by atoms with Gasteiger partial charge in [-0.15, -0.1) is 0 Å². The highest BCUT2D eigenvalue weighted by molar-refractivity contribution is 6.00. The van der Waals surface area contributed by atoms with Crippen LogP contribution in [0.5, 0.6) is 0 Å². The van der Waals surface area contributed by atoms with Crippen LogP contribution in [0.2, 0.25) is 0 Å². The highest BCUT2D eigenvalue weighted by atomic mass is 16.4. The van der Waals surface area contributed by atoms with Crippen molar-refractivity contribution >= 4 is 28.5 Å². The first-order valence-corrected chi connectivity index (χ1v) is 6.62. The summed E-state index contributed by atoms with van der Waals surface area (Å²) in [5.74, 6) is -1.50. The summed E-state index contributed by atoms with van der Waals surface area (Å²) in [6, 6.07) is 9.35. The Morgan fingerprint density at radius 1 is 1.33 bits per heavy atom. The second kappa shape index (κ2) is 6.65. The average molecular weight is 284 g/mol. The molecule has 1 aromatic heterocycles. The normalized spacial score (nSPS) is 12.4. The zero-order valence-corrected chi connectivity index (χ0v) is 11.6. The van der Waals surface area contributed by atoms with Crippen LogP contribution in [0.1, 0.15) is 13.3 Å². The van der Waals surface area contributed by atoms with Gasteiger partial charge < -0.3 is 10.4 Å². The number of rotatable bonds is 5. The van der Waals surface area contributed by atoms with Crippen molar-refractivity contribution < 1.29 is 14.7 Å². The number of nitrogens with one attached hydrogen (secondary N) is 1. The van der Waals surface area contributed by atoms with Gasteiger partial charge >= 0.3 is 5.97 Å². The molecule has 0 radical (unpaired) electrons. The molecule has 2 N–H and O–H groups in total. The molecule has 0 aliphatic rings. The number of benzene rings is 1. The minimum atomic E-state index is -1.01. The lowest BCUT2D eigenvalue weighted by Crippen LogP contribution is -2.20.